The summed E-state index contributed by atoms with van der Waals surface area (Å²) in [5.74, 6) is 0.449. The van der Waals surface area contributed by atoms with E-state index in [0.29, 0.717) is 18.0 Å². The monoisotopic (exact) mass is 626 g/mol. The lowest BCUT2D eigenvalue weighted by molar-refractivity contribution is 0.256. The lowest BCUT2D eigenvalue weighted by Crippen LogP contribution is -2.43. The summed E-state index contributed by atoms with van der Waals surface area (Å²) in [4.78, 5) is 2.79. The Bertz CT molecular complexity index is 2420. The number of thiophene rings is 1. The second kappa shape index (κ2) is 11.0. The minimum Gasteiger partial charge on any atom is -0.360 e. The van der Waals surface area contributed by atoms with Crippen LogP contribution in [0, 0.1) is 5.92 Å². The molecule has 0 radical (unpaired) electrons. The predicted octanol–water partition coefficient (Wildman–Crippen LogP) is 9.57. The molecule has 0 saturated carbocycles. The summed E-state index contributed by atoms with van der Waals surface area (Å²) in [6.45, 7) is 0. The van der Waals surface area contributed by atoms with Crippen LogP contribution in [0.3, 0.4) is 0 Å². The smallest absolute Gasteiger partial charge is 0.0583 e. The highest BCUT2D eigenvalue weighted by atomic mass is 32.1. The first-order valence-electron chi connectivity index (χ1n) is 17.4. The Kier molecular flexibility index (Phi) is 6.43. The highest BCUT2D eigenvalue weighted by Crippen LogP contribution is 2.46. The molecule has 47 heavy (non-hydrogen) atoms. The lowest BCUT2D eigenvalue weighted by atomic mass is 9.85. The van der Waals surface area contributed by atoms with E-state index in [1.807, 2.05) is 11.3 Å². The largest absolute Gasteiger partial charge is 0.360 e. The number of nitrogens with zero attached hydrogens (tertiary/aromatic N) is 2. The van der Waals surface area contributed by atoms with Crippen molar-refractivity contribution in [3.8, 4) is 0 Å². The molecule has 0 fully saturated rings. The zero-order valence-electron chi connectivity index (χ0n) is 26.6. The third-order valence-electron chi connectivity index (χ3n) is 11.1. The van der Waals surface area contributed by atoms with Crippen molar-refractivity contribution >= 4 is 61.1 Å². The third kappa shape index (κ3) is 4.43. The van der Waals surface area contributed by atoms with Crippen LogP contribution in [0.5, 0.6) is 0 Å². The van der Waals surface area contributed by atoms with Gasteiger partial charge in [-0.2, -0.15) is 0 Å². The van der Waals surface area contributed by atoms with Crippen molar-refractivity contribution in [3.05, 3.63) is 147 Å². The van der Waals surface area contributed by atoms with E-state index in [4.69, 9.17) is 0 Å². The maximum Gasteiger partial charge on any atom is 0.0583 e. The summed E-state index contributed by atoms with van der Waals surface area (Å²) in [6.07, 6.45) is 32.0. The molecule has 0 bridgehead atoms. The van der Waals surface area contributed by atoms with Gasteiger partial charge in [0.2, 0.25) is 0 Å². The minimum absolute atomic E-state index is 0.403. The van der Waals surface area contributed by atoms with Gasteiger partial charge >= 0.3 is 0 Å². The Morgan fingerprint density at radius 1 is 0.787 bits per heavy atom. The van der Waals surface area contributed by atoms with E-state index >= 15 is 0 Å². The SMILES string of the molecule is C1=CC2C3=C(CCC(CCc4ccc5c(c4)c4ccccc4n5C4=CCCC=C4)=C3)N(C3C=c4c(sc5ccccc45)=CC3)C2C=C1. The van der Waals surface area contributed by atoms with Crippen LogP contribution in [0.2, 0.25) is 0 Å². The molecule has 3 atom stereocenters. The van der Waals surface area contributed by atoms with Crippen LogP contribution in [0.15, 0.2) is 132 Å². The van der Waals surface area contributed by atoms with Gasteiger partial charge in [-0.3, -0.25) is 0 Å². The van der Waals surface area contributed by atoms with Crippen LogP contribution in [-0.4, -0.2) is 21.6 Å². The quantitative estimate of drug-likeness (QED) is 0.189. The highest BCUT2D eigenvalue weighted by molar-refractivity contribution is 7.17. The van der Waals surface area contributed by atoms with Crippen molar-refractivity contribution in [2.75, 3.05) is 0 Å². The maximum atomic E-state index is 2.79. The molecule has 5 aromatic rings. The number of hydrogen-bond donors (Lipinski definition) is 0. The Morgan fingerprint density at radius 3 is 2.60 bits per heavy atom. The normalized spacial score (nSPS) is 23.1. The Morgan fingerprint density at radius 2 is 1.66 bits per heavy atom. The van der Waals surface area contributed by atoms with E-state index in [9.17, 15) is 0 Å². The molecule has 2 aromatic heterocycles. The number of hydrogen-bond acceptors (Lipinski definition) is 2. The van der Waals surface area contributed by atoms with E-state index in [1.165, 1.54) is 52.9 Å². The fourth-order valence-electron chi connectivity index (χ4n) is 8.93. The van der Waals surface area contributed by atoms with Gasteiger partial charge in [0.25, 0.3) is 0 Å². The molecule has 0 N–H and O–H groups in total. The second-order valence-electron chi connectivity index (χ2n) is 13.8. The number of allylic oxidation sites excluding steroid dienone is 9. The number of aromatic nitrogens is 1. The lowest BCUT2D eigenvalue weighted by Gasteiger charge is -2.37. The van der Waals surface area contributed by atoms with Crippen LogP contribution in [0.25, 0.3) is 49.7 Å². The Balaban J connectivity index is 0.959. The van der Waals surface area contributed by atoms with Gasteiger partial charge in [0.1, 0.15) is 0 Å². The Hall–Kier alpha value is -4.60. The molecular formula is C44H38N2S. The zero-order chi connectivity index (χ0) is 30.9. The van der Waals surface area contributed by atoms with Crippen molar-refractivity contribution in [1.82, 2.24) is 9.47 Å². The van der Waals surface area contributed by atoms with Crippen LogP contribution in [-0.2, 0) is 6.42 Å². The maximum absolute atomic E-state index is 2.79. The Labute approximate surface area is 280 Å². The van der Waals surface area contributed by atoms with E-state index in [1.54, 1.807) is 16.8 Å². The fourth-order valence-corrected chi connectivity index (χ4v) is 10.1. The van der Waals surface area contributed by atoms with Crippen LogP contribution in [0.4, 0.5) is 0 Å². The second-order valence-corrected chi connectivity index (χ2v) is 14.8. The molecule has 0 amide bonds. The summed E-state index contributed by atoms with van der Waals surface area (Å²) in [6, 6.07) is 25.9. The number of rotatable bonds is 5. The van der Waals surface area contributed by atoms with Crippen LogP contribution in [0.1, 0.15) is 44.1 Å². The highest BCUT2D eigenvalue weighted by Gasteiger charge is 2.41. The summed E-state index contributed by atoms with van der Waals surface area (Å²) in [5, 5.41) is 5.58. The molecule has 0 saturated heterocycles. The van der Waals surface area contributed by atoms with Gasteiger partial charge in [-0.25, -0.2) is 0 Å². The van der Waals surface area contributed by atoms with Crippen LogP contribution >= 0.6 is 11.3 Å². The summed E-state index contributed by atoms with van der Waals surface area (Å²) < 4.78 is 5.31. The molecule has 3 heteroatoms. The van der Waals surface area contributed by atoms with Crippen molar-refractivity contribution in [3.63, 3.8) is 0 Å². The minimum atomic E-state index is 0.403. The number of aryl methyl sites for hydroxylation is 1. The molecule has 3 unspecified atom stereocenters. The van der Waals surface area contributed by atoms with Crippen molar-refractivity contribution in [2.45, 2.75) is 57.0 Å². The van der Waals surface area contributed by atoms with Crippen molar-refractivity contribution in [1.29, 1.82) is 0 Å². The average Bonchev–Trinajstić information content (AvgIpc) is 3.78. The third-order valence-corrected chi connectivity index (χ3v) is 12.3. The van der Waals surface area contributed by atoms with Gasteiger partial charge in [-0.15, -0.1) is 11.3 Å². The molecule has 2 nitrogen and oxygen atoms in total. The molecule has 1 aliphatic heterocycles. The number of para-hydroxylation sites is 1. The number of benzene rings is 3. The molecule has 10 rings (SSSR count). The topological polar surface area (TPSA) is 8.17 Å². The molecule has 0 spiro atoms. The van der Waals surface area contributed by atoms with Gasteiger partial charge in [-0.1, -0.05) is 103 Å². The predicted molar refractivity (Wildman–Crippen MR) is 201 cm³/mol. The molecule has 3 aromatic carbocycles. The molecular weight excluding hydrogens is 589 g/mol. The van der Waals surface area contributed by atoms with E-state index in [2.05, 4.69) is 137 Å². The van der Waals surface area contributed by atoms with E-state index in [0.717, 1.165) is 44.9 Å². The van der Waals surface area contributed by atoms with E-state index < -0.39 is 0 Å². The molecule has 5 aliphatic rings. The first-order valence-corrected chi connectivity index (χ1v) is 18.3. The van der Waals surface area contributed by atoms with Gasteiger partial charge in [0, 0.05) is 42.7 Å². The molecule has 4 aliphatic carbocycles. The summed E-state index contributed by atoms with van der Waals surface area (Å²) >= 11 is 1.94. The van der Waals surface area contributed by atoms with Gasteiger partial charge in [0.05, 0.1) is 23.1 Å². The molecule has 230 valence electrons. The molecule has 3 heterocycles. The first kappa shape index (κ1) is 27.5. The van der Waals surface area contributed by atoms with Gasteiger partial charge < -0.3 is 9.47 Å². The zero-order valence-corrected chi connectivity index (χ0v) is 27.4. The standard InChI is InChI=1S/C44H38N2S/c1-2-10-31(11-3-1)45-39-15-7-4-12-33(39)36-26-29(20-23-41(36)45)18-19-30-21-24-42-37(27-30)34-13-5-8-16-40(34)46(42)32-22-25-44-38(28-32)35-14-6-9-17-43(35)47-44/h2,4-17,20,23,25-28,32,34,40H,1,3,18-19,21-22,24H2. The van der Waals surface area contributed by atoms with Crippen molar-refractivity contribution in [2.24, 2.45) is 5.92 Å². The fraction of sp³-hybridized carbons (Fsp3) is 0.227. The summed E-state index contributed by atoms with van der Waals surface area (Å²) in [5.41, 5.74) is 10.1. The van der Waals surface area contributed by atoms with Crippen LogP contribution < -0.4 is 9.75 Å². The first-order chi connectivity index (χ1) is 23.3. The van der Waals surface area contributed by atoms with Gasteiger partial charge in [0.15, 0.2) is 0 Å². The summed E-state index contributed by atoms with van der Waals surface area (Å²) in [7, 11) is 0. The number of fused-ring (bicyclic) bond motifs is 8. The van der Waals surface area contributed by atoms with Crippen molar-refractivity contribution < 1.29 is 0 Å². The average molecular weight is 627 g/mol. The van der Waals surface area contributed by atoms with E-state index in [-0.39, 0.29) is 0 Å². The van der Waals surface area contributed by atoms with Gasteiger partial charge in [-0.05, 0) is 91.6 Å².